The van der Waals surface area contributed by atoms with Crippen molar-refractivity contribution >= 4 is 17.4 Å². The molecular weight excluding hydrogens is 389 g/mol. The molecule has 0 amide bonds. The summed E-state index contributed by atoms with van der Waals surface area (Å²) in [5, 5.41) is 9.40. The van der Waals surface area contributed by atoms with Crippen LogP contribution in [0.4, 0.5) is 10.2 Å². The van der Waals surface area contributed by atoms with Crippen molar-refractivity contribution < 1.29 is 4.39 Å². The Balaban J connectivity index is 1.73. The summed E-state index contributed by atoms with van der Waals surface area (Å²) in [5.74, 6) is 0.910. The van der Waals surface area contributed by atoms with E-state index in [0.29, 0.717) is 28.7 Å². The molecule has 3 heterocycles. The van der Waals surface area contributed by atoms with Gasteiger partial charge in [0.2, 0.25) is 0 Å². The van der Waals surface area contributed by atoms with E-state index in [1.165, 1.54) is 12.1 Å². The van der Waals surface area contributed by atoms with E-state index in [1.54, 1.807) is 30.7 Å². The second-order valence-electron chi connectivity index (χ2n) is 7.08. The minimum Gasteiger partial charge on any atom is -0.355 e. The Morgan fingerprint density at radius 3 is 2.55 bits per heavy atom. The number of hydrogen-bond donors (Lipinski definition) is 0. The standard InChI is InChI=1S/C22H19ClFN5/c23-19-13-26-10-6-18(19)22-21(16-1-3-17(24)4-2-16)27-14-20(28-22)29-11-7-15(5-9-25)8-12-29/h1-4,6,10,13-15H,5,7-8,11-12H2. The number of nitriles is 1. The SMILES string of the molecule is N#CCC1CCN(c2cnc(-c3ccc(F)cc3)c(-c3ccncc3Cl)n2)CC1. The molecule has 0 radical (unpaired) electrons. The topological polar surface area (TPSA) is 65.7 Å². The molecular formula is C22H19ClFN5. The van der Waals surface area contributed by atoms with Gasteiger partial charge >= 0.3 is 0 Å². The zero-order chi connectivity index (χ0) is 20.2. The Morgan fingerprint density at radius 2 is 1.86 bits per heavy atom. The number of halogens is 2. The van der Waals surface area contributed by atoms with Crippen LogP contribution in [-0.4, -0.2) is 28.0 Å². The van der Waals surface area contributed by atoms with Crippen LogP contribution in [0.3, 0.4) is 0 Å². The fourth-order valence-corrected chi connectivity index (χ4v) is 3.81. The van der Waals surface area contributed by atoms with Gasteiger partial charge in [0.1, 0.15) is 17.3 Å². The third-order valence-electron chi connectivity index (χ3n) is 5.22. The second kappa shape index (κ2) is 8.54. The molecule has 3 aromatic rings. The molecule has 0 bridgehead atoms. The average molecular weight is 408 g/mol. The number of hydrogen-bond acceptors (Lipinski definition) is 5. The van der Waals surface area contributed by atoms with Gasteiger partial charge in [0, 0.05) is 43.0 Å². The smallest absolute Gasteiger partial charge is 0.147 e. The summed E-state index contributed by atoms with van der Waals surface area (Å²) in [4.78, 5) is 15.8. The number of benzene rings is 1. The summed E-state index contributed by atoms with van der Waals surface area (Å²) in [5.41, 5.74) is 2.78. The maximum absolute atomic E-state index is 13.4. The second-order valence-corrected chi connectivity index (χ2v) is 7.49. The number of rotatable bonds is 4. The van der Waals surface area contributed by atoms with Crippen LogP contribution in [0.1, 0.15) is 19.3 Å². The summed E-state index contributed by atoms with van der Waals surface area (Å²) in [7, 11) is 0. The Hall–Kier alpha value is -3.04. The molecule has 7 heteroatoms. The molecule has 0 saturated carbocycles. The van der Waals surface area contributed by atoms with Gasteiger partial charge in [0.25, 0.3) is 0 Å². The van der Waals surface area contributed by atoms with E-state index in [2.05, 4.69) is 20.9 Å². The van der Waals surface area contributed by atoms with Crippen molar-refractivity contribution in [2.24, 2.45) is 5.92 Å². The monoisotopic (exact) mass is 407 g/mol. The molecule has 5 nitrogen and oxygen atoms in total. The molecule has 1 aromatic carbocycles. The molecule has 1 aliphatic heterocycles. The van der Waals surface area contributed by atoms with E-state index in [9.17, 15) is 4.39 Å². The van der Waals surface area contributed by atoms with Crippen LogP contribution >= 0.6 is 11.6 Å². The first kappa shape index (κ1) is 19.3. The van der Waals surface area contributed by atoms with Crippen LogP contribution in [0.25, 0.3) is 22.5 Å². The maximum atomic E-state index is 13.4. The molecule has 0 unspecified atom stereocenters. The van der Waals surface area contributed by atoms with E-state index in [1.807, 2.05) is 6.07 Å². The van der Waals surface area contributed by atoms with Crippen molar-refractivity contribution in [3.8, 4) is 28.6 Å². The van der Waals surface area contributed by atoms with E-state index in [4.69, 9.17) is 21.8 Å². The maximum Gasteiger partial charge on any atom is 0.147 e. The number of piperidine rings is 1. The third-order valence-corrected chi connectivity index (χ3v) is 5.52. The molecule has 0 N–H and O–H groups in total. The number of aromatic nitrogens is 3. The number of nitrogens with zero attached hydrogens (tertiary/aromatic N) is 5. The van der Waals surface area contributed by atoms with Gasteiger partial charge in [-0.05, 0) is 49.1 Å². The molecule has 4 rings (SSSR count). The van der Waals surface area contributed by atoms with Crippen molar-refractivity contribution in [2.75, 3.05) is 18.0 Å². The van der Waals surface area contributed by atoms with Crippen molar-refractivity contribution in [1.29, 1.82) is 5.26 Å². The van der Waals surface area contributed by atoms with E-state index in [0.717, 1.165) is 42.9 Å². The minimum atomic E-state index is -0.304. The lowest BCUT2D eigenvalue weighted by molar-refractivity contribution is 0.411. The largest absolute Gasteiger partial charge is 0.355 e. The average Bonchev–Trinajstić information content (AvgIpc) is 2.75. The predicted octanol–water partition coefficient (Wildman–Crippen LogP) is 5.13. The minimum absolute atomic E-state index is 0.304. The molecule has 0 spiro atoms. The van der Waals surface area contributed by atoms with E-state index < -0.39 is 0 Å². The van der Waals surface area contributed by atoms with Crippen molar-refractivity contribution in [3.63, 3.8) is 0 Å². The molecule has 2 aromatic heterocycles. The highest BCUT2D eigenvalue weighted by Crippen LogP contribution is 2.35. The van der Waals surface area contributed by atoms with Gasteiger partial charge in [0.15, 0.2) is 0 Å². The fourth-order valence-electron chi connectivity index (χ4n) is 3.60. The Labute approximate surface area is 173 Å². The first-order chi connectivity index (χ1) is 14.2. The van der Waals surface area contributed by atoms with Crippen LogP contribution in [-0.2, 0) is 0 Å². The van der Waals surface area contributed by atoms with Crippen LogP contribution in [0.2, 0.25) is 5.02 Å². The highest BCUT2D eigenvalue weighted by Gasteiger charge is 2.22. The van der Waals surface area contributed by atoms with Crippen LogP contribution < -0.4 is 4.90 Å². The van der Waals surface area contributed by atoms with Gasteiger partial charge < -0.3 is 4.90 Å². The quantitative estimate of drug-likeness (QED) is 0.599. The lowest BCUT2D eigenvalue weighted by Gasteiger charge is -2.32. The van der Waals surface area contributed by atoms with Crippen molar-refractivity contribution in [3.05, 3.63) is 59.8 Å². The van der Waals surface area contributed by atoms with Gasteiger partial charge in [-0.15, -0.1) is 0 Å². The molecule has 0 aliphatic carbocycles. The Morgan fingerprint density at radius 1 is 1.10 bits per heavy atom. The lowest BCUT2D eigenvalue weighted by Crippen LogP contribution is -2.34. The summed E-state index contributed by atoms with van der Waals surface area (Å²) >= 11 is 6.40. The lowest BCUT2D eigenvalue weighted by atomic mass is 9.94. The molecule has 29 heavy (non-hydrogen) atoms. The Kier molecular flexibility index (Phi) is 5.68. The number of pyridine rings is 1. The molecule has 1 saturated heterocycles. The highest BCUT2D eigenvalue weighted by atomic mass is 35.5. The molecule has 0 atom stereocenters. The molecule has 1 aliphatic rings. The van der Waals surface area contributed by atoms with Crippen LogP contribution in [0, 0.1) is 23.1 Å². The molecule has 146 valence electrons. The zero-order valence-corrected chi connectivity index (χ0v) is 16.5. The van der Waals surface area contributed by atoms with Crippen molar-refractivity contribution in [1.82, 2.24) is 15.0 Å². The normalized spacial score (nSPS) is 14.6. The van der Waals surface area contributed by atoms with Crippen LogP contribution in [0.15, 0.2) is 48.9 Å². The predicted molar refractivity (Wildman–Crippen MR) is 111 cm³/mol. The van der Waals surface area contributed by atoms with Gasteiger partial charge in [-0.25, -0.2) is 9.37 Å². The molecule has 1 fully saturated rings. The summed E-state index contributed by atoms with van der Waals surface area (Å²) in [6.07, 6.45) is 7.51. The van der Waals surface area contributed by atoms with Crippen LogP contribution in [0.5, 0.6) is 0 Å². The van der Waals surface area contributed by atoms with Gasteiger partial charge in [-0.3, -0.25) is 9.97 Å². The zero-order valence-electron chi connectivity index (χ0n) is 15.7. The first-order valence-electron chi connectivity index (χ1n) is 9.50. The van der Waals surface area contributed by atoms with Gasteiger partial charge in [0.05, 0.1) is 23.0 Å². The first-order valence-corrected chi connectivity index (χ1v) is 9.88. The number of anilines is 1. The van der Waals surface area contributed by atoms with Gasteiger partial charge in [-0.1, -0.05) is 11.6 Å². The van der Waals surface area contributed by atoms with E-state index in [-0.39, 0.29) is 5.82 Å². The fraction of sp³-hybridized carbons (Fsp3) is 0.273. The Bertz CT molecular complexity index is 1040. The summed E-state index contributed by atoms with van der Waals surface area (Å²) in [6.45, 7) is 1.67. The summed E-state index contributed by atoms with van der Waals surface area (Å²) < 4.78 is 13.4. The van der Waals surface area contributed by atoms with Crippen molar-refractivity contribution in [2.45, 2.75) is 19.3 Å². The van der Waals surface area contributed by atoms with E-state index >= 15 is 0 Å². The van der Waals surface area contributed by atoms with Gasteiger partial charge in [-0.2, -0.15) is 5.26 Å². The summed E-state index contributed by atoms with van der Waals surface area (Å²) in [6, 6.07) is 10.3. The third kappa shape index (κ3) is 4.20. The highest BCUT2D eigenvalue weighted by molar-refractivity contribution is 6.33.